The van der Waals surface area contributed by atoms with Gasteiger partial charge in [-0.1, -0.05) is 36.4 Å². The van der Waals surface area contributed by atoms with Crippen LogP contribution in [0.25, 0.3) is 10.8 Å². The summed E-state index contributed by atoms with van der Waals surface area (Å²) in [5, 5.41) is 15.4. The van der Waals surface area contributed by atoms with Gasteiger partial charge in [-0.3, -0.25) is 0 Å². The van der Waals surface area contributed by atoms with Gasteiger partial charge in [-0.05, 0) is 67.5 Å². The van der Waals surface area contributed by atoms with E-state index < -0.39 is 0 Å². The van der Waals surface area contributed by atoms with Crippen molar-refractivity contribution in [1.82, 2.24) is 10.2 Å². The van der Waals surface area contributed by atoms with Gasteiger partial charge in [0.2, 0.25) is 0 Å². The van der Waals surface area contributed by atoms with Crippen LogP contribution in [0.3, 0.4) is 0 Å². The Bertz CT molecular complexity index is 1100. The lowest BCUT2D eigenvalue weighted by Crippen LogP contribution is -2.46. The van der Waals surface area contributed by atoms with Crippen molar-refractivity contribution in [3.8, 4) is 11.8 Å². The SMILES string of the molecule is COc1c(C#N)cc2ccccc2c1CNCC1(c2ccc(F)cc2)CCN(C)CC1. The number of rotatable bonds is 6. The summed E-state index contributed by atoms with van der Waals surface area (Å²) < 4.78 is 19.2. The molecule has 4 nitrogen and oxygen atoms in total. The van der Waals surface area contributed by atoms with Gasteiger partial charge in [0.25, 0.3) is 0 Å². The standard InChI is InChI=1S/C26H28FN3O/c1-30-13-11-26(12-14-30,21-7-9-22(27)10-8-21)18-29-17-24-23-6-4-3-5-19(23)15-20(16-28)25(24)31-2/h3-10,15,29H,11-14,17-18H2,1-2H3. The molecule has 3 aromatic rings. The van der Waals surface area contributed by atoms with Gasteiger partial charge in [0.15, 0.2) is 0 Å². The molecule has 0 saturated carbocycles. The minimum Gasteiger partial charge on any atom is -0.495 e. The lowest BCUT2D eigenvalue weighted by molar-refractivity contribution is 0.183. The van der Waals surface area contributed by atoms with Crippen LogP contribution in [-0.2, 0) is 12.0 Å². The molecule has 0 aliphatic carbocycles. The lowest BCUT2D eigenvalue weighted by atomic mass is 9.72. The van der Waals surface area contributed by atoms with Gasteiger partial charge in [0, 0.05) is 24.1 Å². The summed E-state index contributed by atoms with van der Waals surface area (Å²) in [5.41, 5.74) is 2.68. The van der Waals surface area contributed by atoms with Crippen LogP contribution in [0, 0.1) is 17.1 Å². The van der Waals surface area contributed by atoms with Crippen LogP contribution in [0.4, 0.5) is 4.39 Å². The van der Waals surface area contributed by atoms with Gasteiger partial charge < -0.3 is 15.0 Å². The molecule has 0 atom stereocenters. The van der Waals surface area contributed by atoms with E-state index in [4.69, 9.17) is 4.74 Å². The maximum absolute atomic E-state index is 13.6. The monoisotopic (exact) mass is 417 g/mol. The number of ether oxygens (including phenoxy) is 1. The molecule has 1 heterocycles. The van der Waals surface area contributed by atoms with Gasteiger partial charge in [0.1, 0.15) is 17.6 Å². The Balaban J connectivity index is 1.63. The Hall–Kier alpha value is -2.94. The third kappa shape index (κ3) is 4.27. The summed E-state index contributed by atoms with van der Waals surface area (Å²) in [6.45, 7) is 3.39. The number of hydrogen-bond acceptors (Lipinski definition) is 4. The molecule has 0 unspecified atom stereocenters. The zero-order chi connectivity index (χ0) is 21.8. The number of piperidine rings is 1. The fourth-order valence-electron chi connectivity index (χ4n) is 4.74. The first-order chi connectivity index (χ1) is 15.1. The Morgan fingerprint density at radius 1 is 1.13 bits per heavy atom. The molecule has 0 bridgehead atoms. The fourth-order valence-corrected chi connectivity index (χ4v) is 4.74. The summed E-state index contributed by atoms with van der Waals surface area (Å²) >= 11 is 0. The molecule has 1 N–H and O–H groups in total. The number of nitriles is 1. The number of fused-ring (bicyclic) bond motifs is 1. The van der Waals surface area contributed by atoms with Crippen molar-refractivity contribution in [3.05, 3.63) is 77.1 Å². The Labute approximate surface area is 183 Å². The van der Waals surface area contributed by atoms with E-state index in [-0.39, 0.29) is 11.2 Å². The lowest BCUT2D eigenvalue weighted by Gasteiger charge is -2.41. The first kappa shape index (κ1) is 21.3. The van der Waals surface area contributed by atoms with Gasteiger partial charge in [-0.15, -0.1) is 0 Å². The highest BCUT2D eigenvalue weighted by molar-refractivity contribution is 5.89. The number of nitrogens with one attached hydrogen (secondary N) is 1. The first-order valence-electron chi connectivity index (χ1n) is 10.7. The zero-order valence-corrected chi connectivity index (χ0v) is 18.1. The maximum atomic E-state index is 13.6. The zero-order valence-electron chi connectivity index (χ0n) is 18.1. The van der Waals surface area contributed by atoms with E-state index in [1.165, 1.54) is 5.56 Å². The number of benzene rings is 3. The molecule has 0 amide bonds. The van der Waals surface area contributed by atoms with Gasteiger partial charge >= 0.3 is 0 Å². The number of methoxy groups -OCH3 is 1. The van der Waals surface area contributed by atoms with Crippen LogP contribution >= 0.6 is 0 Å². The minimum atomic E-state index is -0.204. The van der Waals surface area contributed by atoms with Crippen molar-refractivity contribution in [1.29, 1.82) is 5.26 Å². The van der Waals surface area contributed by atoms with Gasteiger partial charge in [0.05, 0.1) is 12.7 Å². The van der Waals surface area contributed by atoms with Crippen LogP contribution in [0.5, 0.6) is 5.75 Å². The highest BCUT2D eigenvalue weighted by atomic mass is 19.1. The van der Waals surface area contributed by atoms with E-state index in [0.29, 0.717) is 17.9 Å². The average Bonchev–Trinajstić information content (AvgIpc) is 2.80. The Morgan fingerprint density at radius 3 is 2.52 bits per heavy atom. The molecular weight excluding hydrogens is 389 g/mol. The molecule has 3 aromatic carbocycles. The molecule has 1 aliphatic heterocycles. The van der Waals surface area contributed by atoms with Crippen LogP contribution in [0.15, 0.2) is 54.6 Å². The van der Waals surface area contributed by atoms with Crippen molar-refractivity contribution >= 4 is 10.8 Å². The molecule has 4 rings (SSSR count). The third-order valence-corrected chi connectivity index (χ3v) is 6.59. The number of halogens is 1. The average molecular weight is 418 g/mol. The highest BCUT2D eigenvalue weighted by Crippen LogP contribution is 2.36. The van der Waals surface area contributed by atoms with E-state index in [1.807, 2.05) is 36.4 Å². The molecule has 0 radical (unpaired) electrons. The number of nitrogens with zero attached hydrogens (tertiary/aromatic N) is 2. The van der Waals surface area contributed by atoms with Crippen LogP contribution in [-0.4, -0.2) is 38.7 Å². The molecule has 0 spiro atoms. The highest BCUT2D eigenvalue weighted by Gasteiger charge is 2.35. The van der Waals surface area contributed by atoms with E-state index in [1.54, 1.807) is 19.2 Å². The summed E-state index contributed by atoms with van der Waals surface area (Å²) in [5.74, 6) is 0.428. The topological polar surface area (TPSA) is 48.3 Å². The quantitative estimate of drug-likeness (QED) is 0.636. The van der Waals surface area contributed by atoms with Crippen molar-refractivity contribution < 1.29 is 9.13 Å². The van der Waals surface area contributed by atoms with Crippen LogP contribution in [0.2, 0.25) is 0 Å². The molecule has 0 aromatic heterocycles. The predicted molar refractivity (Wildman–Crippen MR) is 122 cm³/mol. The molecular formula is C26H28FN3O. The van der Waals surface area contributed by atoms with E-state index >= 15 is 0 Å². The van der Waals surface area contributed by atoms with Crippen LogP contribution < -0.4 is 10.1 Å². The summed E-state index contributed by atoms with van der Waals surface area (Å²) in [6.07, 6.45) is 2.02. The molecule has 1 aliphatic rings. The second-order valence-electron chi connectivity index (χ2n) is 8.46. The fraction of sp³-hybridized carbons (Fsp3) is 0.346. The Morgan fingerprint density at radius 2 is 1.84 bits per heavy atom. The largest absolute Gasteiger partial charge is 0.495 e. The first-order valence-corrected chi connectivity index (χ1v) is 10.7. The molecule has 1 fully saturated rings. The predicted octanol–water partition coefficient (Wildman–Crippen LogP) is 4.61. The Kier molecular flexibility index (Phi) is 6.22. The van der Waals surface area contributed by atoms with Gasteiger partial charge in [-0.2, -0.15) is 5.26 Å². The molecule has 1 saturated heterocycles. The third-order valence-electron chi connectivity index (χ3n) is 6.59. The van der Waals surface area contributed by atoms with Crippen molar-refractivity contribution in [2.24, 2.45) is 0 Å². The minimum absolute atomic E-state index is 0.0455. The van der Waals surface area contributed by atoms with Crippen molar-refractivity contribution in [3.63, 3.8) is 0 Å². The second-order valence-corrected chi connectivity index (χ2v) is 8.46. The van der Waals surface area contributed by atoms with E-state index in [2.05, 4.69) is 29.4 Å². The molecule has 5 heteroatoms. The normalized spacial score (nSPS) is 16.2. The van der Waals surface area contributed by atoms with Crippen LogP contribution in [0.1, 0.15) is 29.5 Å². The van der Waals surface area contributed by atoms with E-state index in [0.717, 1.165) is 48.8 Å². The summed E-state index contributed by atoms with van der Waals surface area (Å²) in [6, 6.07) is 19.2. The van der Waals surface area contributed by atoms with Crippen molar-refractivity contribution in [2.45, 2.75) is 24.8 Å². The summed E-state index contributed by atoms with van der Waals surface area (Å²) in [7, 11) is 3.76. The van der Waals surface area contributed by atoms with Gasteiger partial charge in [-0.25, -0.2) is 4.39 Å². The molecule has 31 heavy (non-hydrogen) atoms. The summed E-state index contributed by atoms with van der Waals surface area (Å²) in [4.78, 5) is 2.34. The smallest absolute Gasteiger partial charge is 0.141 e. The number of likely N-dealkylation sites (tertiary alicyclic amines) is 1. The second kappa shape index (κ2) is 9.05. The molecule has 160 valence electrons. The maximum Gasteiger partial charge on any atom is 0.141 e. The van der Waals surface area contributed by atoms with Crippen molar-refractivity contribution in [2.75, 3.05) is 33.8 Å². The number of hydrogen-bond donors (Lipinski definition) is 1. The van der Waals surface area contributed by atoms with E-state index in [9.17, 15) is 9.65 Å².